The van der Waals surface area contributed by atoms with Gasteiger partial charge in [0.15, 0.2) is 0 Å². The number of ether oxygens (including phenoxy) is 1. The van der Waals surface area contributed by atoms with Crippen LogP contribution in [0.4, 0.5) is 4.39 Å². The Hall–Kier alpha value is -2.36. The van der Waals surface area contributed by atoms with Crippen LogP contribution in [-0.4, -0.2) is 19.1 Å². The van der Waals surface area contributed by atoms with Gasteiger partial charge in [0.1, 0.15) is 11.6 Å². The Kier molecular flexibility index (Phi) is 3.75. The number of halogens is 1. The lowest BCUT2D eigenvalue weighted by Crippen LogP contribution is -2.28. The molecule has 124 valence electrons. The molecule has 3 nitrogen and oxygen atoms in total. The predicted octanol–water partition coefficient (Wildman–Crippen LogP) is 3.61. The van der Waals surface area contributed by atoms with Crippen molar-refractivity contribution in [2.24, 2.45) is 5.92 Å². The number of para-hydroxylation sites is 1. The maximum atomic E-state index is 13.0. The maximum Gasteiger partial charge on any atom is 0.223 e. The van der Waals surface area contributed by atoms with E-state index in [2.05, 4.69) is 5.32 Å². The van der Waals surface area contributed by atoms with E-state index >= 15 is 0 Å². The van der Waals surface area contributed by atoms with E-state index in [0.29, 0.717) is 5.92 Å². The van der Waals surface area contributed by atoms with Crippen LogP contribution in [0.3, 0.4) is 0 Å². The Morgan fingerprint density at radius 2 is 1.83 bits per heavy atom. The minimum absolute atomic E-state index is 0.0377. The number of methoxy groups -OCH3 is 1. The van der Waals surface area contributed by atoms with Crippen LogP contribution in [0.1, 0.15) is 35.8 Å². The third-order valence-electron chi connectivity index (χ3n) is 5.08. The van der Waals surface area contributed by atoms with Gasteiger partial charge in [-0.05, 0) is 48.1 Å². The third-order valence-corrected chi connectivity index (χ3v) is 5.08. The van der Waals surface area contributed by atoms with E-state index < -0.39 is 0 Å². The molecule has 2 fully saturated rings. The Bertz CT molecular complexity index is 758. The molecule has 2 aliphatic rings. The van der Waals surface area contributed by atoms with Crippen LogP contribution in [0, 0.1) is 11.7 Å². The molecule has 4 heteroatoms. The number of rotatable bonds is 5. The summed E-state index contributed by atoms with van der Waals surface area (Å²) in [5.74, 6) is 1.37. The average molecular weight is 325 g/mol. The molecule has 0 heterocycles. The summed E-state index contributed by atoms with van der Waals surface area (Å²) in [6.07, 6.45) is 1.81. The van der Waals surface area contributed by atoms with E-state index in [1.807, 2.05) is 24.3 Å². The SMILES string of the molecule is COc1ccccc1[C@@H]1C[C@@H]1C(=O)N[C@H]1C[C@H]1c1ccc(F)cc1. The van der Waals surface area contributed by atoms with Gasteiger partial charge >= 0.3 is 0 Å². The normalized spacial score (nSPS) is 27.4. The molecule has 0 unspecified atom stereocenters. The molecule has 2 aromatic carbocycles. The van der Waals surface area contributed by atoms with Crippen molar-refractivity contribution in [1.82, 2.24) is 5.32 Å². The fourth-order valence-corrected chi connectivity index (χ4v) is 3.52. The van der Waals surface area contributed by atoms with Gasteiger partial charge in [0.2, 0.25) is 5.91 Å². The number of amides is 1. The molecular weight excluding hydrogens is 305 g/mol. The summed E-state index contributed by atoms with van der Waals surface area (Å²) < 4.78 is 18.4. The van der Waals surface area contributed by atoms with Crippen LogP contribution in [0.2, 0.25) is 0 Å². The molecule has 4 atom stereocenters. The van der Waals surface area contributed by atoms with E-state index in [1.54, 1.807) is 19.2 Å². The van der Waals surface area contributed by atoms with Crippen molar-refractivity contribution in [2.75, 3.05) is 7.11 Å². The second-order valence-corrected chi connectivity index (χ2v) is 6.70. The minimum Gasteiger partial charge on any atom is -0.496 e. The molecular formula is C20H20FNO2. The quantitative estimate of drug-likeness (QED) is 0.912. The summed E-state index contributed by atoms with van der Waals surface area (Å²) in [7, 11) is 1.66. The molecule has 0 radical (unpaired) electrons. The molecule has 0 saturated heterocycles. The molecule has 4 rings (SSSR count). The smallest absolute Gasteiger partial charge is 0.223 e. The largest absolute Gasteiger partial charge is 0.496 e. The van der Waals surface area contributed by atoms with Crippen molar-refractivity contribution in [3.05, 3.63) is 65.5 Å². The zero-order chi connectivity index (χ0) is 16.7. The van der Waals surface area contributed by atoms with Gasteiger partial charge in [0.05, 0.1) is 7.11 Å². The molecule has 0 spiro atoms. The van der Waals surface area contributed by atoms with Crippen molar-refractivity contribution in [3.8, 4) is 5.75 Å². The third kappa shape index (κ3) is 2.88. The topological polar surface area (TPSA) is 38.3 Å². The van der Waals surface area contributed by atoms with E-state index in [-0.39, 0.29) is 29.6 Å². The van der Waals surface area contributed by atoms with Crippen molar-refractivity contribution in [1.29, 1.82) is 0 Å². The highest BCUT2D eigenvalue weighted by molar-refractivity contribution is 5.84. The monoisotopic (exact) mass is 325 g/mol. The number of benzene rings is 2. The maximum absolute atomic E-state index is 13.0. The number of carbonyl (C=O) groups is 1. The fraction of sp³-hybridized carbons (Fsp3) is 0.350. The number of hydrogen-bond acceptors (Lipinski definition) is 2. The molecule has 0 aromatic heterocycles. The van der Waals surface area contributed by atoms with Crippen LogP contribution in [0.25, 0.3) is 0 Å². The van der Waals surface area contributed by atoms with Gasteiger partial charge in [-0.25, -0.2) is 4.39 Å². The number of carbonyl (C=O) groups excluding carboxylic acids is 1. The minimum atomic E-state index is -0.224. The van der Waals surface area contributed by atoms with Crippen molar-refractivity contribution in [3.63, 3.8) is 0 Å². The van der Waals surface area contributed by atoms with Gasteiger partial charge in [-0.15, -0.1) is 0 Å². The lowest BCUT2D eigenvalue weighted by atomic mass is 10.1. The molecule has 2 aliphatic carbocycles. The molecule has 0 bridgehead atoms. The summed E-state index contributed by atoms with van der Waals surface area (Å²) in [6, 6.07) is 14.6. The van der Waals surface area contributed by atoms with E-state index in [1.165, 1.54) is 12.1 Å². The first-order valence-corrected chi connectivity index (χ1v) is 8.36. The average Bonchev–Trinajstić information content (AvgIpc) is 3.50. The number of nitrogens with one attached hydrogen (secondary N) is 1. The van der Waals surface area contributed by atoms with Gasteiger partial charge in [-0.1, -0.05) is 30.3 Å². The molecule has 1 amide bonds. The first-order chi connectivity index (χ1) is 11.7. The Balaban J connectivity index is 1.35. The van der Waals surface area contributed by atoms with Gasteiger partial charge in [0.25, 0.3) is 0 Å². The fourth-order valence-electron chi connectivity index (χ4n) is 3.52. The molecule has 0 aliphatic heterocycles. The Labute approximate surface area is 140 Å². The highest BCUT2D eigenvalue weighted by Gasteiger charge is 2.48. The van der Waals surface area contributed by atoms with Crippen molar-refractivity contribution in [2.45, 2.75) is 30.7 Å². The van der Waals surface area contributed by atoms with E-state index in [9.17, 15) is 9.18 Å². The highest BCUT2D eigenvalue weighted by Crippen LogP contribution is 2.51. The van der Waals surface area contributed by atoms with Crippen LogP contribution in [-0.2, 0) is 4.79 Å². The van der Waals surface area contributed by atoms with Gasteiger partial charge in [0, 0.05) is 17.9 Å². The first-order valence-electron chi connectivity index (χ1n) is 8.36. The van der Waals surface area contributed by atoms with Gasteiger partial charge in [-0.3, -0.25) is 4.79 Å². The first kappa shape index (κ1) is 15.2. The Morgan fingerprint density at radius 3 is 2.58 bits per heavy atom. The van der Waals surface area contributed by atoms with Crippen molar-refractivity contribution < 1.29 is 13.9 Å². The summed E-state index contributed by atoms with van der Waals surface area (Å²) in [6.45, 7) is 0. The molecule has 2 saturated carbocycles. The predicted molar refractivity (Wildman–Crippen MR) is 89.5 cm³/mol. The number of hydrogen-bond donors (Lipinski definition) is 1. The lowest BCUT2D eigenvalue weighted by Gasteiger charge is -2.08. The van der Waals surface area contributed by atoms with Crippen molar-refractivity contribution >= 4 is 5.91 Å². The van der Waals surface area contributed by atoms with Gasteiger partial charge < -0.3 is 10.1 Å². The van der Waals surface area contributed by atoms with Gasteiger partial charge in [-0.2, -0.15) is 0 Å². The summed E-state index contributed by atoms with van der Waals surface area (Å²) in [4.78, 5) is 12.5. The summed E-state index contributed by atoms with van der Waals surface area (Å²) >= 11 is 0. The van der Waals surface area contributed by atoms with E-state index in [0.717, 1.165) is 29.7 Å². The summed E-state index contributed by atoms with van der Waals surface area (Å²) in [5, 5.41) is 3.14. The van der Waals surface area contributed by atoms with Crippen LogP contribution in [0.5, 0.6) is 5.75 Å². The zero-order valence-electron chi connectivity index (χ0n) is 13.5. The zero-order valence-corrected chi connectivity index (χ0v) is 13.5. The second-order valence-electron chi connectivity index (χ2n) is 6.70. The van der Waals surface area contributed by atoms with E-state index in [4.69, 9.17) is 4.74 Å². The molecule has 1 N–H and O–H groups in total. The molecule has 2 aromatic rings. The van der Waals surface area contributed by atoms with Crippen LogP contribution < -0.4 is 10.1 Å². The molecule has 24 heavy (non-hydrogen) atoms. The van der Waals surface area contributed by atoms with Crippen LogP contribution >= 0.6 is 0 Å². The Morgan fingerprint density at radius 1 is 1.08 bits per heavy atom. The van der Waals surface area contributed by atoms with Crippen LogP contribution in [0.15, 0.2) is 48.5 Å². The second kappa shape index (κ2) is 5.93. The standard InChI is InChI=1S/C20H20FNO2/c1-24-19-5-3-2-4-14(19)16-10-17(16)20(23)22-18-11-15(18)12-6-8-13(21)9-7-12/h2-9,15-18H,10-11H2,1H3,(H,22,23)/t15-,16-,17-,18-/m0/s1. The highest BCUT2D eigenvalue weighted by atomic mass is 19.1. The lowest BCUT2D eigenvalue weighted by molar-refractivity contribution is -0.122. The summed E-state index contributed by atoms with van der Waals surface area (Å²) in [5.41, 5.74) is 2.21.